The van der Waals surface area contributed by atoms with Crippen molar-refractivity contribution >= 4 is 5.91 Å². The minimum Gasteiger partial charge on any atom is -0.381 e. The Morgan fingerprint density at radius 2 is 1.88 bits per heavy atom. The lowest BCUT2D eigenvalue weighted by atomic mass is 9.90. The summed E-state index contributed by atoms with van der Waals surface area (Å²) in [6.45, 7) is 2.45. The van der Waals surface area contributed by atoms with E-state index in [9.17, 15) is 4.79 Å². The van der Waals surface area contributed by atoms with Gasteiger partial charge in [0.25, 0.3) is 5.91 Å². The first-order chi connectivity index (χ1) is 12.3. The summed E-state index contributed by atoms with van der Waals surface area (Å²) >= 11 is 0. The minimum absolute atomic E-state index is 0.0357. The molecular weight excluding hydrogens is 314 g/mol. The highest BCUT2D eigenvalue weighted by atomic mass is 16.5. The summed E-state index contributed by atoms with van der Waals surface area (Å²) < 4.78 is 5.48. The lowest BCUT2D eigenvalue weighted by Gasteiger charge is -2.33. The Labute approximate surface area is 148 Å². The molecule has 2 aliphatic rings. The van der Waals surface area contributed by atoms with Crippen LogP contribution in [0.2, 0.25) is 0 Å². The monoisotopic (exact) mass is 337 g/mol. The second kappa shape index (κ2) is 7.31. The third-order valence-electron chi connectivity index (χ3n) is 5.28. The van der Waals surface area contributed by atoms with Crippen LogP contribution in [0, 0.1) is 5.92 Å². The van der Waals surface area contributed by atoms with E-state index in [1.54, 1.807) is 12.3 Å². The molecule has 0 bridgehead atoms. The summed E-state index contributed by atoms with van der Waals surface area (Å²) in [4.78, 5) is 24.0. The van der Waals surface area contributed by atoms with Crippen molar-refractivity contribution in [1.29, 1.82) is 0 Å². The summed E-state index contributed by atoms with van der Waals surface area (Å²) in [5.74, 6) is 1.19. The summed E-state index contributed by atoms with van der Waals surface area (Å²) in [7, 11) is 0. The first-order valence-corrected chi connectivity index (χ1v) is 9.10. The molecule has 1 aromatic carbocycles. The predicted molar refractivity (Wildman–Crippen MR) is 95.1 cm³/mol. The molecule has 5 heteroatoms. The third-order valence-corrected chi connectivity index (χ3v) is 5.28. The standard InChI is InChI=1S/C20H23N3O2/c24-20(23-12-4-7-18(23)15-9-13-25-14-10-15)17-8-11-21-19(22-17)16-5-2-1-3-6-16/h1-3,5-6,8,11,15,18H,4,7,9-10,12-14H2. The summed E-state index contributed by atoms with van der Waals surface area (Å²) in [6.07, 6.45) is 5.94. The van der Waals surface area contributed by atoms with E-state index in [4.69, 9.17) is 4.74 Å². The molecule has 130 valence electrons. The molecule has 1 amide bonds. The normalized spacial score (nSPS) is 21.4. The molecule has 2 aromatic rings. The van der Waals surface area contributed by atoms with Crippen molar-refractivity contribution in [2.75, 3.05) is 19.8 Å². The fourth-order valence-electron chi connectivity index (χ4n) is 3.99. The van der Waals surface area contributed by atoms with E-state index < -0.39 is 0 Å². The van der Waals surface area contributed by atoms with Gasteiger partial charge in [-0.3, -0.25) is 4.79 Å². The first kappa shape index (κ1) is 16.2. The van der Waals surface area contributed by atoms with Crippen LogP contribution in [-0.2, 0) is 4.74 Å². The molecule has 4 rings (SSSR count). The summed E-state index contributed by atoms with van der Waals surface area (Å²) in [6, 6.07) is 11.8. The topological polar surface area (TPSA) is 55.3 Å². The molecule has 3 heterocycles. The lowest BCUT2D eigenvalue weighted by Crippen LogP contribution is -2.42. The van der Waals surface area contributed by atoms with E-state index in [0.29, 0.717) is 23.5 Å². The van der Waals surface area contributed by atoms with Crippen LogP contribution in [0.4, 0.5) is 0 Å². The highest BCUT2D eigenvalue weighted by Crippen LogP contribution is 2.31. The zero-order valence-electron chi connectivity index (χ0n) is 14.3. The third kappa shape index (κ3) is 3.42. The van der Waals surface area contributed by atoms with E-state index in [1.165, 1.54) is 0 Å². The molecule has 0 saturated carbocycles. The van der Waals surface area contributed by atoms with Crippen molar-refractivity contribution in [2.24, 2.45) is 5.92 Å². The molecule has 0 spiro atoms. The average Bonchev–Trinajstić information content (AvgIpc) is 3.19. The Bertz CT molecular complexity index is 729. The second-order valence-corrected chi connectivity index (χ2v) is 6.79. The van der Waals surface area contributed by atoms with Gasteiger partial charge in [-0.2, -0.15) is 0 Å². The number of amides is 1. The second-order valence-electron chi connectivity index (χ2n) is 6.79. The number of aromatic nitrogens is 2. The average molecular weight is 337 g/mol. The van der Waals surface area contributed by atoms with Crippen LogP contribution in [0.25, 0.3) is 11.4 Å². The zero-order valence-corrected chi connectivity index (χ0v) is 14.3. The molecule has 2 fully saturated rings. The van der Waals surface area contributed by atoms with Gasteiger partial charge in [0.1, 0.15) is 5.69 Å². The van der Waals surface area contributed by atoms with Crippen LogP contribution in [0.5, 0.6) is 0 Å². The summed E-state index contributed by atoms with van der Waals surface area (Å²) in [5, 5.41) is 0. The molecule has 0 radical (unpaired) electrons. The number of benzene rings is 1. The van der Waals surface area contributed by atoms with Crippen molar-refractivity contribution in [3.05, 3.63) is 48.3 Å². The Morgan fingerprint density at radius 1 is 1.08 bits per heavy atom. The van der Waals surface area contributed by atoms with Gasteiger partial charge in [0, 0.05) is 37.6 Å². The fourth-order valence-corrected chi connectivity index (χ4v) is 3.99. The number of carbonyl (C=O) groups is 1. The van der Waals surface area contributed by atoms with Crippen LogP contribution in [0.1, 0.15) is 36.2 Å². The van der Waals surface area contributed by atoms with Crippen LogP contribution in [-0.4, -0.2) is 46.6 Å². The van der Waals surface area contributed by atoms with Crippen molar-refractivity contribution in [3.63, 3.8) is 0 Å². The minimum atomic E-state index is 0.0357. The number of hydrogen-bond donors (Lipinski definition) is 0. The van der Waals surface area contributed by atoms with Gasteiger partial charge < -0.3 is 9.64 Å². The number of ether oxygens (including phenoxy) is 1. The lowest BCUT2D eigenvalue weighted by molar-refractivity contribution is 0.0320. The smallest absolute Gasteiger partial charge is 0.272 e. The van der Waals surface area contributed by atoms with E-state index in [-0.39, 0.29) is 5.91 Å². The molecule has 0 aliphatic carbocycles. The van der Waals surface area contributed by atoms with Gasteiger partial charge in [0.05, 0.1) is 0 Å². The molecule has 25 heavy (non-hydrogen) atoms. The van der Waals surface area contributed by atoms with Crippen molar-refractivity contribution < 1.29 is 9.53 Å². The fraction of sp³-hybridized carbons (Fsp3) is 0.450. The maximum Gasteiger partial charge on any atom is 0.272 e. The number of nitrogens with zero attached hydrogens (tertiary/aromatic N) is 3. The molecule has 2 saturated heterocycles. The Balaban J connectivity index is 1.56. The van der Waals surface area contributed by atoms with Crippen LogP contribution < -0.4 is 0 Å². The van der Waals surface area contributed by atoms with Gasteiger partial charge in [-0.25, -0.2) is 9.97 Å². The Morgan fingerprint density at radius 3 is 2.68 bits per heavy atom. The predicted octanol–water partition coefficient (Wildman–Crippen LogP) is 3.17. The van der Waals surface area contributed by atoms with Crippen LogP contribution >= 0.6 is 0 Å². The number of carbonyl (C=O) groups excluding carboxylic acids is 1. The van der Waals surface area contributed by atoms with Gasteiger partial charge in [-0.05, 0) is 37.7 Å². The Hall–Kier alpha value is -2.27. The molecule has 1 unspecified atom stereocenters. The molecule has 5 nitrogen and oxygen atoms in total. The number of likely N-dealkylation sites (tertiary alicyclic amines) is 1. The SMILES string of the molecule is O=C(c1ccnc(-c2ccccc2)n1)N1CCCC1C1CCOCC1. The highest BCUT2D eigenvalue weighted by molar-refractivity contribution is 5.93. The van der Waals surface area contributed by atoms with Gasteiger partial charge in [0.2, 0.25) is 0 Å². The summed E-state index contributed by atoms with van der Waals surface area (Å²) in [5.41, 5.74) is 1.42. The van der Waals surface area contributed by atoms with Crippen molar-refractivity contribution in [2.45, 2.75) is 31.7 Å². The molecule has 2 aliphatic heterocycles. The van der Waals surface area contributed by atoms with Crippen LogP contribution in [0.15, 0.2) is 42.6 Å². The van der Waals surface area contributed by atoms with Gasteiger partial charge in [-0.1, -0.05) is 30.3 Å². The zero-order chi connectivity index (χ0) is 17.1. The molecule has 0 N–H and O–H groups in total. The molecular formula is C20H23N3O2. The van der Waals surface area contributed by atoms with E-state index >= 15 is 0 Å². The van der Waals surface area contributed by atoms with Gasteiger partial charge >= 0.3 is 0 Å². The van der Waals surface area contributed by atoms with E-state index in [0.717, 1.165) is 51.0 Å². The van der Waals surface area contributed by atoms with Crippen molar-refractivity contribution in [1.82, 2.24) is 14.9 Å². The van der Waals surface area contributed by atoms with Gasteiger partial charge in [0.15, 0.2) is 5.82 Å². The highest BCUT2D eigenvalue weighted by Gasteiger charge is 2.36. The van der Waals surface area contributed by atoms with Crippen LogP contribution in [0.3, 0.4) is 0 Å². The largest absolute Gasteiger partial charge is 0.381 e. The molecule has 1 atom stereocenters. The maximum atomic E-state index is 13.1. The first-order valence-electron chi connectivity index (χ1n) is 9.10. The van der Waals surface area contributed by atoms with Crippen molar-refractivity contribution in [3.8, 4) is 11.4 Å². The van der Waals surface area contributed by atoms with E-state index in [1.807, 2.05) is 35.2 Å². The quantitative estimate of drug-likeness (QED) is 0.863. The maximum absolute atomic E-state index is 13.1. The Kier molecular flexibility index (Phi) is 4.74. The van der Waals surface area contributed by atoms with E-state index in [2.05, 4.69) is 9.97 Å². The molecule has 1 aromatic heterocycles. The van der Waals surface area contributed by atoms with Gasteiger partial charge in [-0.15, -0.1) is 0 Å². The number of hydrogen-bond acceptors (Lipinski definition) is 4. The number of rotatable bonds is 3.